The number of hydrogen-bond donors (Lipinski definition) is 1. The number of carbonyl (C=O) groups is 1. The van der Waals surface area contributed by atoms with Crippen molar-refractivity contribution < 1.29 is 14.3 Å². The fourth-order valence-corrected chi connectivity index (χ4v) is 4.70. The normalized spacial score (nSPS) is 11.7. The second-order valence-electron chi connectivity index (χ2n) is 9.03. The van der Waals surface area contributed by atoms with Gasteiger partial charge in [-0.15, -0.1) is 10.2 Å². The molecule has 0 bridgehead atoms. The van der Waals surface area contributed by atoms with Gasteiger partial charge in [-0.25, -0.2) is 4.98 Å². The Morgan fingerprint density at radius 2 is 1.37 bits per heavy atom. The summed E-state index contributed by atoms with van der Waals surface area (Å²) >= 11 is 1.31. The fourth-order valence-electron chi connectivity index (χ4n) is 3.88. The number of thioether (sulfide) groups is 1. The third-order valence-corrected chi connectivity index (χ3v) is 7.37. The first kappa shape index (κ1) is 27.1. The number of rotatable bonds is 10. The van der Waals surface area contributed by atoms with E-state index in [2.05, 4.69) is 29.4 Å². The third kappa shape index (κ3) is 6.50. The van der Waals surface area contributed by atoms with Crippen LogP contribution < -0.4 is 14.8 Å². The van der Waals surface area contributed by atoms with Crippen molar-refractivity contribution in [3.05, 3.63) is 78.4 Å². The molecule has 1 N–H and O–H groups in total. The molecule has 0 saturated heterocycles. The number of aromatic nitrogens is 3. The van der Waals surface area contributed by atoms with E-state index in [0.29, 0.717) is 28.9 Å². The zero-order valence-electron chi connectivity index (χ0n) is 22.3. The zero-order valence-corrected chi connectivity index (χ0v) is 23.1. The highest BCUT2D eigenvalue weighted by molar-refractivity contribution is 8.00. The molecule has 1 atom stereocenters. The van der Waals surface area contributed by atoms with E-state index in [-0.39, 0.29) is 11.2 Å². The smallest absolute Gasteiger partial charge is 0.237 e. The van der Waals surface area contributed by atoms with Gasteiger partial charge in [-0.1, -0.05) is 44.7 Å². The third-order valence-electron chi connectivity index (χ3n) is 6.15. The van der Waals surface area contributed by atoms with Crippen LogP contribution in [0.1, 0.15) is 38.7 Å². The molecule has 4 rings (SSSR count). The Hall–Kier alpha value is -3.91. The van der Waals surface area contributed by atoms with E-state index in [1.165, 1.54) is 17.3 Å². The number of nitrogens with one attached hydrogen (secondary N) is 1. The summed E-state index contributed by atoms with van der Waals surface area (Å²) in [6, 6.07) is 23.2. The minimum Gasteiger partial charge on any atom is -0.497 e. The molecule has 0 radical (unpaired) electrons. The van der Waals surface area contributed by atoms with Crippen molar-refractivity contribution in [1.82, 2.24) is 15.2 Å². The van der Waals surface area contributed by atoms with Crippen molar-refractivity contribution in [2.75, 3.05) is 19.5 Å². The maximum atomic E-state index is 13.1. The molecule has 0 saturated carbocycles. The number of amides is 1. The molecule has 0 fully saturated rings. The number of nitrogens with zero attached hydrogens (tertiary/aromatic N) is 3. The quantitative estimate of drug-likeness (QED) is 0.225. The molecular formula is C30H32N4O3S. The number of carbonyl (C=O) groups excluding carboxylic acids is 1. The predicted molar refractivity (Wildman–Crippen MR) is 153 cm³/mol. The SMILES string of the molecule is CCC(Sc1nnc(-c2ccc(OC)cc2)c(-c2ccc(OC)cc2)n1)C(=O)Nc1ccc(C(C)C)cc1. The molecule has 196 valence electrons. The molecule has 1 heterocycles. The summed E-state index contributed by atoms with van der Waals surface area (Å²) in [4.78, 5) is 18.0. The van der Waals surface area contributed by atoms with Gasteiger partial charge in [0.15, 0.2) is 0 Å². The first-order chi connectivity index (χ1) is 18.4. The first-order valence-electron chi connectivity index (χ1n) is 12.5. The Bertz CT molecular complexity index is 1360. The van der Waals surface area contributed by atoms with Crippen LogP contribution in [0.4, 0.5) is 5.69 Å². The van der Waals surface area contributed by atoms with E-state index < -0.39 is 0 Å². The summed E-state index contributed by atoms with van der Waals surface area (Å²) in [7, 11) is 3.26. The maximum absolute atomic E-state index is 13.1. The van der Waals surface area contributed by atoms with E-state index in [4.69, 9.17) is 14.5 Å². The second kappa shape index (κ2) is 12.6. The Morgan fingerprint density at radius 3 is 1.87 bits per heavy atom. The van der Waals surface area contributed by atoms with Gasteiger partial charge in [0.2, 0.25) is 11.1 Å². The summed E-state index contributed by atoms with van der Waals surface area (Å²) in [6.07, 6.45) is 0.613. The van der Waals surface area contributed by atoms with E-state index in [1.807, 2.05) is 79.7 Å². The molecule has 1 unspecified atom stereocenters. The summed E-state index contributed by atoms with van der Waals surface area (Å²) in [6.45, 7) is 6.26. The average Bonchev–Trinajstić information content (AvgIpc) is 2.96. The van der Waals surface area contributed by atoms with Crippen LogP contribution in [-0.2, 0) is 4.79 Å². The molecule has 0 aliphatic rings. The molecule has 38 heavy (non-hydrogen) atoms. The lowest BCUT2D eigenvalue weighted by molar-refractivity contribution is -0.115. The van der Waals surface area contributed by atoms with Crippen LogP contribution in [0.2, 0.25) is 0 Å². The molecule has 7 nitrogen and oxygen atoms in total. The van der Waals surface area contributed by atoms with Gasteiger partial charge in [-0.3, -0.25) is 4.79 Å². The second-order valence-corrected chi connectivity index (χ2v) is 10.2. The minimum atomic E-state index is -0.378. The van der Waals surface area contributed by atoms with Gasteiger partial charge in [0.1, 0.15) is 22.9 Å². The van der Waals surface area contributed by atoms with E-state index in [0.717, 1.165) is 28.3 Å². The van der Waals surface area contributed by atoms with Crippen LogP contribution in [0.5, 0.6) is 11.5 Å². The summed E-state index contributed by atoms with van der Waals surface area (Å²) in [5, 5.41) is 12.0. The number of anilines is 1. The lowest BCUT2D eigenvalue weighted by atomic mass is 10.0. The van der Waals surface area contributed by atoms with Gasteiger partial charge < -0.3 is 14.8 Å². The lowest BCUT2D eigenvalue weighted by Gasteiger charge is -2.15. The van der Waals surface area contributed by atoms with Gasteiger partial charge in [0, 0.05) is 16.8 Å². The molecular weight excluding hydrogens is 496 g/mol. The molecule has 3 aromatic carbocycles. The van der Waals surface area contributed by atoms with Gasteiger partial charge in [0.25, 0.3) is 0 Å². The monoisotopic (exact) mass is 528 g/mol. The first-order valence-corrected chi connectivity index (χ1v) is 13.4. The van der Waals surface area contributed by atoms with E-state index >= 15 is 0 Å². The van der Waals surface area contributed by atoms with Gasteiger partial charge >= 0.3 is 0 Å². The number of methoxy groups -OCH3 is 2. The van der Waals surface area contributed by atoms with E-state index in [9.17, 15) is 4.79 Å². The van der Waals surface area contributed by atoms with Crippen LogP contribution in [0.25, 0.3) is 22.5 Å². The van der Waals surface area contributed by atoms with Crippen molar-refractivity contribution in [3.8, 4) is 34.0 Å². The van der Waals surface area contributed by atoms with Crippen LogP contribution in [0, 0.1) is 0 Å². The standard InChI is InChI=1S/C30H32N4O3S/c1-6-26(29(35)31-23-13-7-20(8-14-23)19(2)3)38-30-32-27(21-9-15-24(36-4)16-10-21)28(33-34-30)22-11-17-25(37-5)18-12-22/h7-19,26H,6H2,1-5H3,(H,31,35). The zero-order chi connectivity index (χ0) is 27.1. The Morgan fingerprint density at radius 1 is 0.816 bits per heavy atom. The summed E-state index contributed by atoms with van der Waals surface area (Å²) in [5.41, 5.74) is 5.05. The molecule has 1 aromatic heterocycles. The maximum Gasteiger partial charge on any atom is 0.237 e. The molecule has 4 aromatic rings. The van der Waals surface area contributed by atoms with Crippen LogP contribution in [-0.4, -0.2) is 40.6 Å². The van der Waals surface area contributed by atoms with Crippen molar-refractivity contribution in [3.63, 3.8) is 0 Å². The highest BCUT2D eigenvalue weighted by atomic mass is 32.2. The van der Waals surface area contributed by atoms with Gasteiger partial charge in [-0.2, -0.15) is 0 Å². The highest BCUT2D eigenvalue weighted by Gasteiger charge is 2.22. The van der Waals surface area contributed by atoms with E-state index in [1.54, 1.807) is 14.2 Å². The fraction of sp³-hybridized carbons (Fsp3) is 0.267. The van der Waals surface area contributed by atoms with Crippen molar-refractivity contribution in [2.24, 2.45) is 0 Å². The molecule has 1 amide bonds. The highest BCUT2D eigenvalue weighted by Crippen LogP contribution is 2.33. The predicted octanol–water partition coefficient (Wildman–Crippen LogP) is 6.86. The lowest BCUT2D eigenvalue weighted by Crippen LogP contribution is -2.25. The molecule has 8 heteroatoms. The average molecular weight is 529 g/mol. The van der Waals surface area contributed by atoms with Crippen molar-refractivity contribution >= 4 is 23.4 Å². The minimum absolute atomic E-state index is 0.0939. The summed E-state index contributed by atoms with van der Waals surface area (Å²) in [5.74, 6) is 1.84. The Labute approximate surface area is 228 Å². The Balaban J connectivity index is 1.61. The van der Waals surface area contributed by atoms with Crippen LogP contribution >= 0.6 is 11.8 Å². The van der Waals surface area contributed by atoms with Crippen molar-refractivity contribution in [1.29, 1.82) is 0 Å². The summed E-state index contributed by atoms with van der Waals surface area (Å²) < 4.78 is 10.6. The van der Waals surface area contributed by atoms with Gasteiger partial charge in [-0.05, 0) is 78.6 Å². The number of benzene rings is 3. The largest absolute Gasteiger partial charge is 0.497 e. The molecule has 0 aliphatic heterocycles. The van der Waals surface area contributed by atoms with Crippen molar-refractivity contribution in [2.45, 2.75) is 43.5 Å². The topological polar surface area (TPSA) is 86.2 Å². The van der Waals surface area contributed by atoms with Crippen LogP contribution in [0.15, 0.2) is 78.0 Å². The van der Waals surface area contributed by atoms with Crippen LogP contribution in [0.3, 0.4) is 0 Å². The molecule has 0 aliphatic carbocycles. The number of hydrogen-bond acceptors (Lipinski definition) is 7. The van der Waals surface area contributed by atoms with Gasteiger partial charge in [0.05, 0.1) is 19.5 Å². The number of ether oxygens (including phenoxy) is 2. The molecule has 0 spiro atoms. The Kier molecular flexibility index (Phi) is 8.97.